The zero-order chi connectivity index (χ0) is 17.9. The second kappa shape index (κ2) is 7.14. The molecule has 0 bridgehead atoms. The van der Waals surface area contributed by atoms with Crippen LogP contribution in [0.5, 0.6) is 0 Å². The first-order valence-electron chi connectivity index (χ1n) is 7.38. The summed E-state index contributed by atoms with van der Waals surface area (Å²) in [6.45, 7) is 0. The number of nitrogens with zero attached hydrogens (tertiary/aromatic N) is 1. The number of para-hydroxylation sites is 1. The van der Waals surface area contributed by atoms with Gasteiger partial charge in [0.15, 0.2) is 0 Å². The van der Waals surface area contributed by atoms with E-state index in [2.05, 4.69) is 10.3 Å². The number of amides is 1. The summed E-state index contributed by atoms with van der Waals surface area (Å²) in [6, 6.07) is 14.4. The maximum atomic E-state index is 13.0. The van der Waals surface area contributed by atoms with Crippen LogP contribution in [0.3, 0.4) is 0 Å². The Kier molecular flexibility index (Phi) is 4.94. The monoisotopic (exact) mass is 362 g/mol. The molecule has 0 fully saturated rings. The van der Waals surface area contributed by atoms with E-state index in [1.807, 2.05) is 30.3 Å². The normalized spacial score (nSPS) is 11.5. The Bertz CT molecular complexity index is 907. The van der Waals surface area contributed by atoms with E-state index >= 15 is 0 Å². The SMILES string of the molecule is O=C(CSc1nccc2ccccc12)Nc1ccccc1C(F)(F)F. The first kappa shape index (κ1) is 17.3. The molecule has 2 aromatic carbocycles. The Morgan fingerprint density at radius 3 is 2.56 bits per heavy atom. The molecule has 3 rings (SSSR count). The van der Waals surface area contributed by atoms with Gasteiger partial charge in [-0.1, -0.05) is 48.2 Å². The Labute approximate surface area is 146 Å². The molecule has 0 unspecified atom stereocenters. The fourth-order valence-electron chi connectivity index (χ4n) is 2.37. The first-order valence-corrected chi connectivity index (χ1v) is 8.36. The molecular weight excluding hydrogens is 349 g/mol. The summed E-state index contributed by atoms with van der Waals surface area (Å²) >= 11 is 1.19. The minimum Gasteiger partial charge on any atom is -0.325 e. The predicted octanol–water partition coefficient (Wildman–Crippen LogP) is 4.98. The summed E-state index contributed by atoms with van der Waals surface area (Å²) in [5.74, 6) is -0.552. The van der Waals surface area contributed by atoms with Crippen LogP contribution in [0.15, 0.2) is 65.8 Å². The number of halogens is 3. The van der Waals surface area contributed by atoms with Gasteiger partial charge in [0, 0.05) is 11.6 Å². The Morgan fingerprint density at radius 1 is 1.04 bits per heavy atom. The van der Waals surface area contributed by atoms with Gasteiger partial charge >= 0.3 is 6.18 Å². The van der Waals surface area contributed by atoms with Gasteiger partial charge in [-0.3, -0.25) is 4.79 Å². The molecule has 25 heavy (non-hydrogen) atoms. The van der Waals surface area contributed by atoms with Crippen LogP contribution < -0.4 is 5.32 Å². The van der Waals surface area contributed by atoms with Crippen LogP contribution in [0.2, 0.25) is 0 Å². The number of aromatic nitrogens is 1. The zero-order valence-corrected chi connectivity index (χ0v) is 13.7. The lowest BCUT2D eigenvalue weighted by Crippen LogP contribution is -2.18. The molecule has 0 aliphatic heterocycles. The van der Waals surface area contributed by atoms with E-state index < -0.39 is 17.6 Å². The molecule has 0 atom stereocenters. The van der Waals surface area contributed by atoms with Crippen LogP contribution >= 0.6 is 11.8 Å². The van der Waals surface area contributed by atoms with Gasteiger partial charge in [0.05, 0.1) is 17.0 Å². The van der Waals surface area contributed by atoms with Gasteiger partial charge in [-0.05, 0) is 23.6 Å². The fraction of sp³-hybridized carbons (Fsp3) is 0.111. The topological polar surface area (TPSA) is 42.0 Å². The lowest BCUT2D eigenvalue weighted by atomic mass is 10.1. The number of carbonyl (C=O) groups excluding carboxylic acids is 1. The molecule has 0 spiro atoms. The summed E-state index contributed by atoms with van der Waals surface area (Å²) < 4.78 is 38.9. The predicted molar refractivity (Wildman–Crippen MR) is 92.5 cm³/mol. The van der Waals surface area contributed by atoms with Gasteiger partial charge in [0.1, 0.15) is 5.03 Å². The average Bonchev–Trinajstić information content (AvgIpc) is 2.59. The third-order valence-corrected chi connectivity index (χ3v) is 4.49. The number of anilines is 1. The maximum absolute atomic E-state index is 13.0. The van der Waals surface area contributed by atoms with E-state index in [1.54, 1.807) is 6.20 Å². The maximum Gasteiger partial charge on any atom is 0.418 e. The van der Waals surface area contributed by atoms with Crippen molar-refractivity contribution in [3.63, 3.8) is 0 Å². The molecule has 1 N–H and O–H groups in total. The molecule has 0 radical (unpaired) electrons. The van der Waals surface area contributed by atoms with Crippen molar-refractivity contribution in [3.05, 3.63) is 66.4 Å². The van der Waals surface area contributed by atoms with Crippen LogP contribution in [0.1, 0.15) is 5.56 Å². The molecule has 0 aliphatic carbocycles. The number of hydrogen-bond donors (Lipinski definition) is 1. The van der Waals surface area contributed by atoms with E-state index in [9.17, 15) is 18.0 Å². The number of alkyl halides is 3. The quantitative estimate of drug-likeness (QED) is 0.665. The van der Waals surface area contributed by atoms with Gasteiger partial charge in [0.25, 0.3) is 0 Å². The highest BCUT2D eigenvalue weighted by Gasteiger charge is 2.33. The molecule has 1 amide bonds. The van der Waals surface area contributed by atoms with Crippen molar-refractivity contribution in [1.29, 1.82) is 0 Å². The average molecular weight is 362 g/mol. The van der Waals surface area contributed by atoms with E-state index in [-0.39, 0.29) is 11.4 Å². The second-order valence-corrected chi connectivity index (χ2v) is 6.18. The van der Waals surface area contributed by atoms with Crippen molar-refractivity contribution in [2.24, 2.45) is 0 Å². The van der Waals surface area contributed by atoms with E-state index in [1.165, 1.54) is 30.0 Å². The molecule has 1 aromatic heterocycles. The molecular formula is C18H13F3N2OS. The number of pyridine rings is 1. The van der Waals surface area contributed by atoms with Crippen LogP contribution in [0, 0.1) is 0 Å². The molecule has 7 heteroatoms. The van der Waals surface area contributed by atoms with Crippen molar-refractivity contribution >= 4 is 34.1 Å². The molecule has 1 heterocycles. The number of rotatable bonds is 4. The van der Waals surface area contributed by atoms with Crippen molar-refractivity contribution in [1.82, 2.24) is 4.98 Å². The van der Waals surface area contributed by atoms with Gasteiger partial charge in [0.2, 0.25) is 5.91 Å². The molecule has 0 saturated carbocycles. The minimum absolute atomic E-state index is 0.0345. The largest absolute Gasteiger partial charge is 0.418 e. The molecule has 3 nitrogen and oxygen atoms in total. The lowest BCUT2D eigenvalue weighted by Gasteiger charge is -2.13. The molecule has 0 aliphatic rings. The smallest absolute Gasteiger partial charge is 0.325 e. The highest BCUT2D eigenvalue weighted by molar-refractivity contribution is 8.00. The summed E-state index contributed by atoms with van der Waals surface area (Å²) in [7, 11) is 0. The van der Waals surface area contributed by atoms with Crippen molar-refractivity contribution in [2.75, 3.05) is 11.1 Å². The number of thioether (sulfide) groups is 1. The van der Waals surface area contributed by atoms with Crippen LogP contribution in [-0.2, 0) is 11.0 Å². The molecule has 3 aromatic rings. The molecule has 0 saturated heterocycles. The number of benzene rings is 2. The van der Waals surface area contributed by atoms with Crippen molar-refractivity contribution < 1.29 is 18.0 Å². The highest BCUT2D eigenvalue weighted by Crippen LogP contribution is 2.34. The Hall–Kier alpha value is -2.54. The number of carbonyl (C=O) groups is 1. The summed E-state index contributed by atoms with van der Waals surface area (Å²) in [6.07, 6.45) is -2.88. The van der Waals surface area contributed by atoms with Crippen molar-refractivity contribution in [3.8, 4) is 0 Å². The summed E-state index contributed by atoms with van der Waals surface area (Å²) in [4.78, 5) is 16.3. The van der Waals surface area contributed by atoms with Crippen LogP contribution in [0.4, 0.5) is 18.9 Å². The fourth-order valence-corrected chi connectivity index (χ4v) is 3.18. The van der Waals surface area contributed by atoms with Gasteiger partial charge < -0.3 is 5.32 Å². The van der Waals surface area contributed by atoms with Crippen LogP contribution in [0.25, 0.3) is 10.8 Å². The molecule has 128 valence electrons. The number of nitrogens with one attached hydrogen (secondary N) is 1. The number of fused-ring (bicyclic) bond motifs is 1. The second-order valence-electron chi connectivity index (χ2n) is 5.22. The summed E-state index contributed by atoms with van der Waals surface area (Å²) in [5.41, 5.74) is -1.11. The Balaban J connectivity index is 1.72. The lowest BCUT2D eigenvalue weighted by molar-refractivity contribution is -0.137. The zero-order valence-electron chi connectivity index (χ0n) is 12.9. The van der Waals surface area contributed by atoms with Crippen molar-refractivity contribution in [2.45, 2.75) is 11.2 Å². The van der Waals surface area contributed by atoms with Gasteiger partial charge in [-0.15, -0.1) is 0 Å². The van der Waals surface area contributed by atoms with Gasteiger partial charge in [-0.2, -0.15) is 13.2 Å². The third kappa shape index (κ3) is 4.11. The van der Waals surface area contributed by atoms with E-state index in [4.69, 9.17) is 0 Å². The van der Waals surface area contributed by atoms with E-state index in [0.29, 0.717) is 5.03 Å². The first-order chi connectivity index (χ1) is 11.9. The number of hydrogen-bond acceptors (Lipinski definition) is 3. The third-order valence-electron chi connectivity index (χ3n) is 3.48. The highest BCUT2D eigenvalue weighted by atomic mass is 32.2. The Morgan fingerprint density at radius 2 is 1.76 bits per heavy atom. The minimum atomic E-state index is -4.52. The summed E-state index contributed by atoms with van der Waals surface area (Å²) in [5, 5.41) is 4.88. The van der Waals surface area contributed by atoms with Crippen LogP contribution in [-0.4, -0.2) is 16.6 Å². The van der Waals surface area contributed by atoms with Gasteiger partial charge in [-0.25, -0.2) is 4.98 Å². The van der Waals surface area contributed by atoms with E-state index in [0.717, 1.165) is 16.8 Å². The standard InChI is InChI=1S/C18H13F3N2OS/c19-18(20,21)14-7-3-4-8-15(14)23-16(24)11-25-17-13-6-2-1-5-12(13)9-10-22-17/h1-10H,11H2,(H,23,24).